The van der Waals surface area contributed by atoms with Crippen LogP contribution in [0.15, 0.2) is 157 Å². The Morgan fingerprint density at radius 1 is 0.588 bits per heavy atom. The molecule has 3 nitrogen and oxygen atoms in total. The van der Waals surface area contributed by atoms with E-state index in [0.29, 0.717) is 0 Å². The number of hydrogen-bond donors (Lipinski definition) is 0. The van der Waals surface area contributed by atoms with Crippen molar-refractivity contribution in [2.45, 2.75) is 0 Å². The van der Waals surface area contributed by atoms with Gasteiger partial charge in [-0.25, -0.2) is 0 Å². The van der Waals surface area contributed by atoms with Crippen LogP contribution in [-0.2, 0) is 0 Å². The van der Waals surface area contributed by atoms with Gasteiger partial charge in [0.25, 0.3) is 0 Å². The second kappa shape index (κ2) is 10.8. The van der Waals surface area contributed by atoms with Gasteiger partial charge in [-0.2, -0.15) is 0 Å². The fraction of sp³-hybridized carbons (Fsp3) is 0. The lowest BCUT2D eigenvalue weighted by atomic mass is 10.0. The molecule has 10 aromatic rings. The quantitative estimate of drug-likeness (QED) is 0.185. The number of fused-ring (bicyclic) bond motifs is 10. The average molecular weight is 653 g/mol. The first kappa shape index (κ1) is 29.1. The first-order valence-corrected chi connectivity index (χ1v) is 17.1. The molecule has 0 unspecified atom stereocenters. The summed E-state index contributed by atoms with van der Waals surface area (Å²) in [6, 6.07) is 45.0. The third kappa shape index (κ3) is 4.06. The maximum absolute atomic E-state index is 6.67. The van der Waals surface area contributed by atoms with Gasteiger partial charge in [-0.15, -0.1) is 0 Å². The normalized spacial score (nSPS) is 12.9. The minimum atomic E-state index is 0.777. The molecule has 0 N–H and O–H groups in total. The molecular formula is C48H32N2O. The van der Waals surface area contributed by atoms with Crippen molar-refractivity contribution < 1.29 is 4.42 Å². The van der Waals surface area contributed by atoms with Gasteiger partial charge in [0.1, 0.15) is 5.58 Å². The molecule has 0 aliphatic rings. The van der Waals surface area contributed by atoms with Crippen molar-refractivity contribution in [3.8, 4) is 0 Å². The molecule has 0 fully saturated rings. The van der Waals surface area contributed by atoms with E-state index < -0.39 is 0 Å². The number of hydrogen-bond acceptors (Lipinski definition) is 2. The third-order valence-electron chi connectivity index (χ3n) is 10.5. The zero-order chi connectivity index (χ0) is 34.4. The Bertz CT molecular complexity index is 3260. The van der Waals surface area contributed by atoms with Gasteiger partial charge >= 0.3 is 0 Å². The van der Waals surface area contributed by atoms with Crippen LogP contribution in [0, 0.1) is 0 Å². The van der Waals surface area contributed by atoms with Crippen LogP contribution in [0.25, 0.3) is 96.1 Å². The predicted octanol–water partition coefficient (Wildman–Crippen LogP) is 9.81. The lowest BCUT2D eigenvalue weighted by Gasteiger charge is -2.26. The summed E-state index contributed by atoms with van der Waals surface area (Å²) >= 11 is 0. The molecule has 3 aromatic heterocycles. The number of allylic oxidation sites excluding steroid dienone is 2. The van der Waals surface area contributed by atoms with Crippen LogP contribution in [0.5, 0.6) is 0 Å². The molecule has 3 heterocycles. The number of rotatable bonds is 5. The molecule has 0 amide bonds. The third-order valence-corrected chi connectivity index (χ3v) is 10.5. The van der Waals surface area contributed by atoms with Crippen molar-refractivity contribution in [3.63, 3.8) is 0 Å². The van der Waals surface area contributed by atoms with E-state index in [1.165, 1.54) is 38.1 Å². The molecule has 0 atom stereocenters. The van der Waals surface area contributed by atoms with Gasteiger partial charge in [-0.3, -0.25) is 0 Å². The zero-order valence-corrected chi connectivity index (χ0v) is 28.0. The SMILES string of the molecule is C=C/C=c1\c(=C)c(=C)/c(=C\C(=C)N(c2cc3c4ccccc4n4c5ccccc5c(c2)c34)c2cccc3c2oc2ccccc23)c2ccccc12. The largest absolute Gasteiger partial charge is 0.454 e. The van der Waals surface area contributed by atoms with E-state index in [9.17, 15) is 0 Å². The Hall–Kier alpha value is -6.84. The van der Waals surface area contributed by atoms with Gasteiger partial charge in [-0.1, -0.05) is 129 Å². The lowest BCUT2D eigenvalue weighted by Crippen LogP contribution is -2.47. The molecule has 0 bridgehead atoms. The predicted molar refractivity (Wildman–Crippen MR) is 219 cm³/mol. The molecule has 0 radical (unpaired) electrons. The molecule has 0 spiro atoms. The smallest absolute Gasteiger partial charge is 0.159 e. The number of para-hydroxylation sites is 4. The van der Waals surface area contributed by atoms with Crippen molar-refractivity contribution in [1.29, 1.82) is 0 Å². The number of furan rings is 1. The summed E-state index contributed by atoms with van der Waals surface area (Å²) in [4.78, 5) is 2.24. The van der Waals surface area contributed by atoms with Gasteiger partial charge in [0.15, 0.2) is 5.58 Å². The molecule has 0 aliphatic carbocycles. The highest BCUT2D eigenvalue weighted by molar-refractivity contribution is 6.24. The van der Waals surface area contributed by atoms with Gasteiger partial charge in [0, 0.05) is 43.7 Å². The number of benzene rings is 7. The van der Waals surface area contributed by atoms with E-state index in [4.69, 9.17) is 11.0 Å². The molecule has 3 heteroatoms. The molecule has 0 saturated carbocycles. The minimum Gasteiger partial charge on any atom is -0.454 e. The molecule has 240 valence electrons. The Balaban J connectivity index is 1.33. The topological polar surface area (TPSA) is 20.8 Å². The summed E-state index contributed by atoms with van der Waals surface area (Å²) in [5, 5.41) is 12.9. The minimum absolute atomic E-state index is 0.777. The average Bonchev–Trinajstić information content (AvgIpc) is 3.82. The van der Waals surface area contributed by atoms with Crippen LogP contribution in [0.4, 0.5) is 11.4 Å². The van der Waals surface area contributed by atoms with Gasteiger partial charge < -0.3 is 13.7 Å². The van der Waals surface area contributed by atoms with Gasteiger partial charge in [-0.05, 0) is 74.1 Å². The monoisotopic (exact) mass is 652 g/mol. The standard InChI is InChI=1S/C48H32N2O/c1-5-15-33-30(3)31(4)40(35-17-7-6-16-34(33)35)26-29(2)49(45-24-14-21-39-38-20-10-13-25-46(38)51-48(39)45)32-27-41-36-18-8-11-22-43(36)50-44-23-12-9-19-37(44)42(28-32)47(41)50/h5-28H,1-4H2/b33-15+,40-26+. The first-order chi connectivity index (χ1) is 25.0. The zero-order valence-electron chi connectivity index (χ0n) is 28.0. The summed E-state index contributed by atoms with van der Waals surface area (Å²) in [5.74, 6) is 0. The van der Waals surface area contributed by atoms with Crippen LogP contribution in [0.2, 0.25) is 0 Å². The Kier molecular flexibility index (Phi) is 6.18. The second-order valence-corrected chi connectivity index (χ2v) is 13.2. The molecular weight excluding hydrogens is 621 g/mol. The highest BCUT2D eigenvalue weighted by atomic mass is 16.3. The Morgan fingerprint density at radius 2 is 1.14 bits per heavy atom. The summed E-state index contributed by atoms with van der Waals surface area (Å²) in [7, 11) is 0. The summed E-state index contributed by atoms with van der Waals surface area (Å²) in [6.07, 6.45) is 5.97. The van der Waals surface area contributed by atoms with E-state index in [1.54, 1.807) is 0 Å². The highest BCUT2D eigenvalue weighted by Gasteiger charge is 2.23. The van der Waals surface area contributed by atoms with E-state index in [-0.39, 0.29) is 0 Å². The summed E-state index contributed by atoms with van der Waals surface area (Å²) in [5.41, 5.74) is 7.95. The van der Waals surface area contributed by atoms with Crippen LogP contribution in [-0.4, -0.2) is 4.40 Å². The van der Waals surface area contributed by atoms with Gasteiger partial charge in [0.2, 0.25) is 0 Å². The van der Waals surface area contributed by atoms with Crippen LogP contribution in [0.1, 0.15) is 0 Å². The fourth-order valence-electron chi connectivity index (χ4n) is 8.24. The Labute approximate surface area is 293 Å². The van der Waals surface area contributed by atoms with Crippen molar-refractivity contribution >= 4 is 107 Å². The van der Waals surface area contributed by atoms with Crippen LogP contribution < -0.4 is 25.8 Å². The lowest BCUT2D eigenvalue weighted by molar-refractivity contribution is 0.669. The van der Waals surface area contributed by atoms with E-state index >= 15 is 0 Å². The second-order valence-electron chi connectivity index (χ2n) is 13.2. The first-order valence-electron chi connectivity index (χ1n) is 17.1. The summed E-state index contributed by atoms with van der Waals surface area (Å²) in [6.45, 7) is 17.8. The van der Waals surface area contributed by atoms with Crippen LogP contribution >= 0.6 is 0 Å². The maximum Gasteiger partial charge on any atom is 0.159 e. The van der Waals surface area contributed by atoms with Crippen molar-refractivity contribution in [2.24, 2.45) is 0 Å². The van der Waals surface area contributed by atoms with E-state index in [2.05, 4.69) is 150 Å². The van der Waals surface area contributed by atoms with Crippen molar-refractivity contribution in [3.05, 3.63) is 173 Å². The molecule has 0 aliphatic heterocycles. The number of aromatic nitrogens is 1. The van der Waals surface area contributed by atoms with Crippen molar-refractivity contribution in [1.82, 2.24) is 4.40 Å². The molecule has 10 rings (SSSR count). The maximum atomic E-state index is 6.67. The number of nitrogens with zero attached hydrogens (tertiary/aromatic N) is 2. The number of anilines is 2. The van der Waals surface area contributed by atoms with Gasteiger partial charge in [0.05, 0.1) is 22.2 Å². The highest BCUT2D eigenvalue weighted by Crippen LogP contribution is 2.45. The molecule has 0 saturated heterocycles. The van der Waals surface area contributed by atoms with E-state index in [1.807, 2.05) is 24.3 Å². The van der Waals surface area contributed by atoms with E-state index in [0.717, 1.165) is 70.7 Å². The Morgan fingerprint density at radius 3 is 1.80 bits per heavy atom. The van der Waals surface area contributed by atoms with Crippen molar-refractivity contribution in [2.75, 3.05) is 4.90 Å². The van der Waals surface area contributed by atoms with Crippen LogP contribution in [0.3, 0.4) is 0 Å². The molecule has 7 aromatic carbocycles. The molecule has 51 heavy (non-hydrogen) atoms. The summed E-state index contributed by atoms with van der Waals surface area (Å²) < 4.78 is 9.08. The fourth-order valence-corrected chi connectivity index (χ4v) is 8.24.